The first-order valence-electron chi connectivity index (χ1n) is 11.0. The molecule has 1 fully saturated rings. The number of carbonyl (C=O) groups excluding carboxylic acids is 4. The molecule has 3 rings (SSSR count). The minimum Gasteiger partial charge on any atom is -0.453 e. The Morgan fingerprint density at radius 3 is 2.56 bits per heavy atom. The van der Waals surface area contributed by atoms with Gasteiger partial charge in [-0.2, -0.15) is 0 Å². The Balaban J connectivity index is 1.86. The average Bonchev–Trinajstić information content (AvgIpc) is 3.11. The molecule has 0 aliphatic carbocycles. The predicted molar refractivity (Wildman–Crippen MR) is 120 cm³/mol. The molecule has 34 heavy (non-hydrogen) atoms. The third kappa shape index (κ3) is 5.06. The Labute approximate surface area is 197 Å². The molecular weight excluding hydrogens is 444 g/mol. The third-order valence-electron chi connectivity index (χ3n) is 5.81. The van der Waals surface area contributed by atoms with Crippen LogP contribution in [0.2, 0.25) is 0 Å². The van der Waals surface area contributed by atoms with Gasteiger partial charge >= 0.3 is 18.0 Å². The van der Waals surface area contributed by atoms with Crippen LogP contribution in [0.1, 0.15) is 45.2 Å². The van der Waals surface area contributed by atoms with Gasteiger partial charge in [-0.3, -0.25) is 9.59 Å². The van der Waals surface area contributed by atoms with E-state index in [1.165, 1.54) is 12.0 Å². The summed E-state index contributed by atoms with van der Waals surface area (Å²) in [4.78, 5) is 50.5. The number of nitrogens with one attached hydrogen (secondary N) is 1. The van der Waals surface area contributed by atoms with E-state index >= 15 is 0 Å². The molecule has 0 spiro atoms. The van der Waals surface area contributed by atoms with Crippen LogP contribution in [0, 0.1) is 11.3 Å². The van der Waals surface area contributed by atoms with Crippen molar-refractivity contribution in [1.29, 1.82) is 0 Å². The molecule has 1 saturated heterocycles. The topological polar surface area (TPSA) is 131 Å². The van der Waals surface area contributed by atoms with Gasteiger partial charge in [0.05, 0.1) is 30.6 Å². The van der Waals surface area contributed by atoms with Gasteiger partial charge < -0.3 is 29.5 Å². The number of carbonyl (C=O) groups is 4. The van der Waals surface area contributed by atoms with Gasteiger partial charge in [-0.1, -0.05) is 18.2 Å². The lowest BCUT2D eigenvalue weighted by Gasteiger charge is -2.44. The molecule has 2 N–H and O–H groups in total. The number of fused-ring (bicyclic) bond motifs is 1. The Morgan fingerprint density at radius 2 is 1.94 bits per heavy atom. The lowest BCUT2D eigenvalue weighted by atomic mass is 9.82. The Kier molecular flexibility index (Phi) is 7.30. The summed E-state index contributed by atoms with van der Waals surface area (Å²) >= 11 is 0. The SMILES string of the molecule is COC(=O)NCc1cccc(C2=C(C(=O)OCOC(=O)C(C)(C)C)N3C(=O)[C@H]([C@@H](C)O)[C@H]3C2)c1. The summed E-state index contributed by atoms with van der Waals surface area (Å²) in [7, 11) is 1.27. The van der Waals surface area contributed by atoms with Gasteiger partial charge in [0.15, 0.2) is 0 Å². The van der Waals surface area contributed by atoms with Crippen molar-refractivity contribution in [3.05, 3.63) is 41.1 Å². The number of ether oxygens (including phenoxy) is 3. The lowest BCUT2D eigenvalue weighted by molar-refractivity contribution is -0.175. The highest BCUT2D eigenvalue weighted by atomic mass is 16.7. The quantitative estimate of drug-likeness (QED) is 0.348. The minimum absolute atomic E-state index is 0.0665. The molecule has 0 radical (unpaired) electrons. The number of benzene rings is 1. The maximum absolute atomic E-state index is 13.0. The Hall–Kier alpha value is -3.40. The molecule has 2 heterocycles. The maximum Gasteiger partial charge on any atom is 0.407 e. The number of nitrogens with zero attached hydrogens (tertiary/aromatic N) is 1. The number of hydrogen-bond acceptors (Lipinski definition) is 8. The molecule has 10 nitrogen and oxygen atoms in total. The van der Waals surface area contributed by atoms with Crippen LogP contribution in [0.15, 0.2) is 30.0 Å². The average molecular weight is 475 g/mol. The Morgan fingerprint density at radius 1 is 1.24 bits per heavy atom. The monoisotopic (exact) mass is 474 g/mol. The summed E-state index contributed by atoms with van der Waals surface area (Å²) in [5, 5.41) is 12.6. The van der Waals surface area contributed by atoms with E-state index < -0.39 is 42.3 Å². The van der Waals surface area contributed by atoms with Gasteiger partial charge in [0.25, 0.3) is 0 Å². The van der Waals surface area contributed by atoms with Crippen molar-refractivity contribution in [1.82, 2.24) is 10.2 Å². The van der Waals surface area contributed by atoms with Crippen molar-refractivity contribution in [2.45, 2.75) is 52.8 Å². The molecule has 0 unspecified atom stereocenters. The largest absolute Gasteiger partial charge is 0.453 e. The van der Waals surface area contributed by atoms with Crippen LogP contribution in [-0.4, -0.2) is 60.0 Å². The van der Waals surface area contributed by atoms with Crippen LogP contribution in [-0.2, 0) is 35.1 Å². The molecule has 1 aromatic carbocycles. The minimum atomic E-state index is -0.867. The van der Waals surface area contributed by atoms with Gasteiger partial charge in [0.2, 0.25) is 12.7 Å². The fourth-order valence-electron chi connectivity index (χ4n) is 4.05. The van der Waals surface area contributed by atoms with Gasteiger partial charge in [-0.05, 0) is 56.9 Å². The van der Waals surface area contributed by atoms with E-state index in [0.717, 1.165) is 5.56 Å². The zero-order valence-electron chi connectivity index (χ0n) is 19.9. The number of β-lactam (4-membered cyclic amide) rings is 1. The van der Waals surface area contributed by atoms with Crippen molar-refractivity contribution in [3.8, 4) is 0 Å². The summed E-state index contributed by atoms with van der Waals surface area (Å²) in [6, 6.07) is 6.79. The molecule has 10 heteroatoms. The van der Waals surface area contributed by atoms with E-state index in [2.05, 4.69) is 10.1 Å². The van der Waals surface area contributed by atoms with Gasteiger partial charge in [0, 0.05) is 6.54 Å². The summed E-state index contributed by atoms with van der Waals surface area (Å²) < 4.78 is 14.8. The molecule has 0 bridgehead atoms. The highest BCUT2D eigenvalue weighted by Gasteiger charge is 2.57. The van der Waals surface area contributed by atoms with Gasteiger partial charge in [0.1, 0.15) is 5.70 Å². The molecular formula is C24H30N2O8. The van der Waals surface area contributed by atoms with Crippen molar-refractivity contribution >= 4 is 29.5 Å². The van der Waals surface area contributed by atoms with Crippen molar-refractivity contribution < 1.29 is 38.5 Å². The molecule has 2 aliphatic heterocycles. The van der Waals surface area contributed by atoms with Crippen LogP contribution in [0.5, 0.6) is 0 Å². The van der Waals surface area contributed by atoms with Crippen LogP contribution in [0.4, 0.5) is 4.79 Å². The van der Waals surface area contributed by atoms with E-state index in [1.807, 2.05) is 0 Å². The molecule has 2 amide bonds. The number of rotatable bonds is 7. The first-order valence-corrected chi connectivity index (χ1v) is 11.0. The number of esters is 2. The smallest absolute Gasteiger partial charge is 0.407 e. The highest BCUT2D eigenvalue weighted by Crippen LogP contribution is 2.47. The number of hydrogen-bond donors (Lipinski definition) is 2. The number of aliphatic hydroxyl groups excluding tert-OH is 1. The first-order chi connectivity index (χ1) is 16.0. The zero-order valence-corrected chi connectivity index (χ0v) is 19.9. The van der Waals surface area contributed by atoms with Crippen LogP contribution in [0.3, 0.4) is 0 Å². The van der Waals surface area contributed by atoms with Crippen molar-refractivity contribution in [2.24, 2.45) is 11.3 Å². The Bertz CT molecular complexity index is 1020. The highest BCUT2D eigenvalue weighted by molar-refractivity contribution is 6.06. The lowest BCUT2D eigenvalue weighted by Crippen LogP contribution is -2.61. The van der Waals surface area contributed by atoms with Gasteiger partial charge in [-0.15, -0.1) is 0 Å². The molecule has 0 aromatic heterocycles. The van der Waals surface area contributed by atoms with Crippen LogP contribution >= 0.6 is 0 Å². The molecule has 2 aliphatic rings. The standard InChI is InChI=1S/C24H30N2O8/c1-13(27)18-17-10-16(15-8-6-7-14(9-15)11-25-23(31)32-5)19(26(17)20(18)28)21(29)33-12-34-22(30)24(2,3)4/h6-9,13,17-18,27H,10-12H2,1-5H3,(H,25,31)/t13-,17-,18-/m1/s1. The second kappa shape index (κ2) is 9.84. The molecule has 3 atom stereocenters. The third-order valence-corrected chi connectivity index (χ3v) is 5.81. The van der Waals surface area contributed by atoms with E-state index in [1.54, 1.807) is 52.0 Å². The fraction of sp³-hybridized carbons (Fsp3) is 0.500. The van der Waals surface area contributed by atoms with Crippen molar-refractivity contribution in [2.75, 3.05) is 13.9 Å². The predicted octanol–water partition coefficient (Wildman–Crippen LogP) is 1.96. The molecule has 0 saturated carbocycles. The van der Waals surface area contributed by atoms with Crippen molar-refractivity contribution in [3.63, 3.8) is 0 Å². The van der Waals surface area contributed by atoms with E-state index in [4.69, 9.17) is 9.47 Å². The number of alkyl carbamates (subject to hydrolysis) is 1. The summed E-state index contributed by atoms with van der Waals surface area (Å²) in [5.41, 5.74) is 1.32. The fourth-order valence-corrected chi connectivity index (χ4v) is 4.05. The first kappa shape index (κ1) is 25.2. The van der Waals surface area contributed by atoms with Crippen LogP contribution < -0.4 is 5.32 Å². The van der Waals surface area contributed by atoms with Crippen LogP contribution in [0.25, 0.3) is 5.57 Å². The second-order valence-electron chi connectivity index (χ2n) is 9.35. The molecule has 1 aromatic rings. The van der Waals surface area contributed by atoms with E-state index in [0.29, 0.717) is 17.6 Å². The maximum atomic E-state index is 13.0. The number of aliphatic hydroxyl groups is 1. The second-order valence-corrected chi connectivity index (χ2v) is 9.35. The summed E-state index contributed by atoms with van der Waals surface area (Å²) in [6.45, 7) is 6.20. The van der Waals surface area contributed by atoms with Gasteiger partial charge in [-0.25, -0.2) is 9.59 Å². The molecule has 184 valence electrons. The zero-order chi connectivity index (χ0) is 25.2. The summed E-state index contributed by atoms with van der Waals surface area (Å²) in [6.07, 6.45) is -1.09. The normalized spacial score (nSPS) is 20.3. The summed E-state index contributed by atoms with van der Waals surface area (Å²) in [5.74, 6) is -2.31. The van der Waals surface area contributed by atoms with E-state index in [-0.39, 0.29) is 24.2 Å². The van der Waals surface area contributed by atoms with E-state index in [9.17, 15) is 24.3 Å². The number of methoxy groups -OCH3 is 1. The number of amides is 2.